The number of anilines is 1. The van der Waals surface area contributed by atoms with Gasteiger partial charge in [-0.1, -0.05) is 6.07 Å². The van der Waals surface area contributed by atoms with Crippen molar-refractivity contribution in [3.05, 3.63) is 72.8 Å². The molecule has 88 heavy (non-hydrogen) atoms. The predicted octanol–water partition coefficient (Wildman–Crippen LogP) is -8.88. The van der Waals surface area contributed by atoms with Gasteiger partial charge < -0.3 is 110 Å². The molecule has 5 aromatic carbocycles. The SMILES string of the molecule is Nc1cc2c(O)c(N=Nc3ccc(N=Nc4ccc(S(=O)(=O)[O-])cc4)c4ccc(S(=O)(=O)[O-])cc34)c(S(=O)(=O)[O-])cc2cc1S(=O)(=O)[O-].OCC[NH+](CCO)CCO.OCC[NH+](CCO)CCO.OCC[NH+](CCO)CCO.OCC[NH+](CCO)CCO. The van der Waals surface area contributed by atoms with Crippen molar-refractivity contribution in [1.29, 1.82) is 0 Å². The summed E-state index contributed by atoms with van der Waals surface area (Å²) in [6, 6.07) is 12.0. The highest BCUT2D eigenvalue weighted by Crippen LogP contribution is 2.44. The maximum atomic E-state index is 12.1. The van der Waals surface area contributed by atoms with Gasteiger partial charge in [0.05, 0.1) is 116 Å². The Morgan fingerprint density at radius 1 is 0.352 bits per heavy atom. The minimum Gasteiger partial charge on any atom is -0.744 e. The van der Waals surface area contributed by atoms with Crippen LogP contribution in [-0.4, -0.2) is 276 Å². The number of nitrogens with zero attached hydrogens (tertiary/aromatic N) is 4. The third-order valence-corrected chi connectivity index (χ3v) is 15.6. The molecule has 0 saturated heterocycles. The summed E-state index contributed by atoms with van der Waals surface area (Å²) >= 11 is 0. The van der Waals surface area contributed by atoms with Gasteiger partial charge in [0, 0.05) is 21.8 Å². The van der Waals surface area contributed by atoms with Crippen LogP contribution in [0.1, 0.15) is 0 Å². The Hall–Kier alpha value is -5.58. The van der Waals surface area contributed by atoms with Gasteiger partial charge in [-0.3, -0.25) is 0 Å². The third-order valence-electron chi connectivity index (χ3n) is 12.2. The molecule has 0 aliphatic carbocycles. The number of aliphatic hydroxyl groups is 12. The number of phenols is 1. The van der Waals surface area contributed by atoms with E-state index in [1.807, 2.05) is 0 Å². The minimum absolute atomic E-state index is 0.0512. The zero-order valence-corrected chi connectivity index (χ0v) is 50.9. The van der Waals surface area contributed by atoms with Crippen molar-refractivity contribution in [3.63, 3.8) is 0 Å². The molecule has 0 aliphatic heterocycles. The Balaban J connectivity index is 0.000000775. The van der Waals surface area contributed by atoms with E-state index in [4.69, 9.17) is 67.0 Å². The van der Waals surface area contributed by atoms with E-state index < -0.39 is 77.2 Å². The van der Waals surface area contributed by atoms with Crippen LogP contribution in [0.3, 0.4) is 0 Å². The molecule has 0 bridgehead atoms. The number of quaternary nitrogens is 4. The Bertz CT molecular complexity index is 3260. The average molecular weight is 1330 g/mol. The number of aliphatic hydroxyl groups excluding tert-OH is 12. The number of benzene rings is 5. The van der Waals surface area contributed by atoms with Crippen LogP contribution in [0.4, 0.5) is 28.4 Å². The van der Waals surface area contributed by atoms with Gasteiger partial charge in [0.2, 0.25) is 0 Å². The van der Waals surface area contributed by atoms with Gasteiger partial charge in [0.25, 0.3) is 0 Å². The fourth-order valence-corrected chi connectivity index (χ4v) is 10.0. The zero-order chi connectivity index (χ0) is 66.7. The Kier molecular flexibility index (Phi) is 38.1. The van der Waals surface area contributed by atoms with E-state index >= 15 is 0 Å². The first kappa shape index (κ1) is 80.4. The average Bonchev–Trinajstić information content (AvgIpc) is 1.43. The molecule has 0 saturated carbocycles. The molecule has 498 valence electrons. The molecule has 0 fully saturated rings. The summed E-state index contributed by atoms with van der Waals surface area (Å²) < 4.78 is 140. The topological polar surface area (TPSA) is 585 Å². The van der Waals surface area contributed by atoms with Crippen molar-refractivity contribution in [3.8, 4) is 5.75 Å². The van der Waals surface area contributed by atoms with E-state index in [2.05, 4.69) is 20.5 Å². The number of fused-ring (bicyclic) bond motifs is 2. The number of phenolic OH excluding ortho intramolecular Hbond substituents is 1. The van der Waals surface area contributed by atoms with E-state index in [0.29, 0.717) is 90.7 Å². The molecule has 0 aromatic heterocycles. The number of nitrogens with two attached hydrogens (primary N) is 1. The molecule has 19 N–H and O–H groups in total. The highest BCUT2D eigenvalue weighted by Gasteiger charge is 2.21. The van der Waals surface area contributed by atoms with Gasteiger partial charge in [0.15, 0.2) is 5.75 Å². The summed E-state index contributed by atoms with van der Waals surface area (Å²) in [5.74, 6) is -0.999. The van der Waals surface area contributed by atoms with Crippen molar-refractivity contribution in [1.82, 2.24) is 0 Å². The molecule has 38 heteroatoms. The molecular formula is C50H79N9O25S4. The van der Waals surface area contributed by atoms with E-state index in [0.717, 1.165) is 49.9 Å². The van der Waals surface area contributed by atoms with Crippen molar-refractivity contribution >= 4 is 90.5 Å². The monoisotopic (exact) mass is 1330 g/mol. The number of rotatable bonds is 32. The van der Waals surface area contributed by atoms with E-state index in [1.54, 1.807) is 0 Å². The van der Waals surface area contributed by atoms with Crippen molar-refractivity contribution in [2.45, 2.75) is 19.6 Å². The van der Waals surface area contributed by atoms with Crippen molar-refractivity contribution in [2.24, 2.45) is 20.5 Å². The van der Waals surface area contributed by atoms with Crippen molar-refractivity contribution < 1.29 is 138 Å². The molecular weight excluding hydrogens is 1250 g/mol. The third kappa shape index (κ3) is 28.9. The van der Waals surface area contributed by atoms with Crippen molar-refractivity contribution in [2.75, 3.05) is 164 Å². The maximum Gasteiger partial charge on any atom is 0.152 e. The molecule has 5 aromatic rings. The number of hydrogen-bond acceptors (Lipinski definition) is 30. The first-order valence-corrected chi connectivity index (χ1v) is 32.2. The van der Waals surface area contributed by atoms with E-state index in [1.165, 1.54) is 30.3 Å². The van der Waals surface area contributed by atoms with Crippen LogP contribution in [0.5, 0.6) is 5.75 Å². The largest absolute Gasteiger partial charge is 0.744 e. The first-order chi connectivity index (χ1) is 41.5. The standard InChI is InChI=1S/C26H19N5O13S4.4C6H15NO3/c27-20-12-18-13(9-23(20)47(39,40)41)10-24(48(42,43)44)25(26(18)32)31-30-22-8-7-21(17-6-5-16(11-19(17)22)46(36,37)38)29-28-14-1-3-15(4-2-14)45(33,34)35;4*8-4-1-7(2-5-9)3-6-10/h1-12,32H,27H2,(H,33,34,35)(H,36,37,38)(H,39,40,41)(H,42,43,44);4*8-10H,1-6H2. The summed E-state index contributed by atoms with van der Waals surface area (Å²) in [5, 5.41) is 128. The number of nitrogens with one attached hydrogen (secondary N) is 4. The summed E-state index contributed by atoms with van der Waals surface area (Å²) in [5.41, 5.74) is 4.03. The summed E-state index contributed by atoms with van der Waals surface area (Å²) in [7, 11) is -20.3. The first-order valence-electron chi connectivity index (χ1n) is 26.6. The van der Waals surface area contributed by atoms with E-state index in [-0.39, 0.29) is 118 Å². The number of hydrogen-bond donors (Lipinski definition) is 18. The Morgan fingerprint density at radius 2 is 0.670 bits per heavy atom. The molecule has 0 amide bonds. The molecule has 0 heterocycles. The van der Waals surface area contributed by atoms with E-state index in [9.17, 15) is 57.0 Å². The van der Waals surface area contributed by atoms with Gasteiger partial charge in [-0.2, -0.15) is 5.11 Å². The maximum absolute atomic E-state index is 12.1. The second kappa shape index (κ2) is 41.7. The lowest BCUT2D eigenvalue weighted by molar-refractivity contribution is -0.901. The molecule has 0 spiro atoms. The van der Waals surface area contributed by atoms with Crippen LogP contribution in [0.15, 0.2) is 113 Å². The fourth-order valence-electron chi connectivity index (χ4n) is 7.81. The smallest absolute Gasteiger partial charge is 0.152 e. The number of aromatic hydroxyl groups is 1. The molecule has 34 nitrogen and oxygen atoms in total. The van der Waals surface area contributed by atoms with Crippen LogP contribution < -0.4 is 25.3 Å². The van der Waals surface area contributed by atoms with Gasteiger partial charge in [-0.05, 0) is 72.1 Å². The Morgan fingerprint density at radius 3 is 1.00 bits per heavy atom. The fraction of sp³-hybridized carbons (Fsp3) is 0.480. The lowest BCUT2D eigenvalue weighted by Gasteiger charge is -2.16. The Labute approximate surface area is 508 Å². The van der Waals surface area contributed by atoms with Crippen LogP contribution in [0.25, 0.3) is 21.5 Å². The number of nitrogen functional groups attached to an aromatic ring is 1. The second-order valence-electron chi connectivity index (χ2n) is 18.4. The summed E-state index contributed by atoms with van der Waals surface area (Å²) in [6.45, 7) is 8.46. The molecule has 5 rings (SSSR count). The van der Waals surface area contributed by atoms with Crippen LogP contribution >= 0.6 is 0 Å². The lowest BCUT2D eigenvalue weighted by Crippen LogP contribution is -3.13. The second-order valence-corrected chi connectivity index (χ2v) is 23.8. The normalized spacial score (nSPS) is 12.1. The highest BCUT2D eigenvalue weighted by molar-refractivity contribution is 7.86. The lowest BCUT2D eigenvalue weighted by atomic mass is 10.1. The summed E-state index contributed by atoms with van der Waals surface area (Å²) in [6.07, 6.45) is 0. The number of azo groups is 2. The van der Waals surface area contributed by atoms with Gasteiger partial charge in [-0.25, -0.2) is 33.7 Å². The molecule has 0 radical (unpaired) electrons. The summed E-state index contributed by atoms with van der Waals surface area (Å²) in [4.78, 5) is 0.787. The van der Waals surface area contributed by atoms with Crippen LogP contribution in [0, 0.1) is 0 Å². The molecule has 0 aliphatic rings. The van der Waals surface area contributed by atoms with Crippen LogP contribution in [0.2, 0.25) is 0 Å². The molecule has 0 unspecified atom stereocenters. The van der Waals surface area contributed by atoms with Gasteiger partial charge in [0.1, 0.15) is 125 Å². The van der Waals surface area contributed by atoms with Gasteiger partial charge >= 0.3 is 0 Å². The quantitative estimate of drug-likeness (QED) is 0.0108. The highest BCUT2D eigenvalue weighted by atomic mass is 32.2. The minimum atomic E-state index is -5.45. The zero-order valence-electron chi connectivity index (χ0n) is 47.6. The van der Waals surface area contributed by atoms with Crippen LogP contribution in [-0.2, 0) is 40.5 Å². The van der Waals surface area contributed by atoms with Gasteiger partial charge in [-0.15, -0.1) is 15.3 Å². The molecule has 0 atom stereocenters. The predicted molar refractivity (Wildman–Crippen MR) is 308 cm³/mol.